The van der Waals surface area contributed by atoms with Crippen molar-refractivity contribution >= 4 is 10.0 Å². The van der Waals surface area contributed by atoms with E-state index in [4.69, 9.17) is 4.74 Å². The monoisotopic (exact) mass is 272 g/mol. The molecule has 0 radical (unpaired) electrons. The van der Waals surface area contributed by atoms with Crippen molar-refractivity contribution in [2.24, 2.45) is 0 Å². The van der Waals surface area contributed by atoms with E-state index in [1.807, 2.05) is 20.8 Å². The van der Waals surface area contributed by atoms with Gasteiger partial charge < -0.3 is 4.74 Å². The van der Waals surface area contributed by atoms with Crippen LogP contribution in [0.25, 0.3) is 0 Å². The molecule has 0 aromatic carbocycles. The molecule has 18 heavy (non-hydrogen) atoms. The van der Waals surface area contributed by atoms with Crippen molar-refractivity contribution in [2.75, 3.05) is 5.75 Å². The molecule has 0 aliphatic rings. The largest absolute Gasteiger partial charge is 0.475 e. The minimum absolute atomic E-state index is 0.00546. The van der Waals surface area contributed by atoms with Crippen molar-refractivity contribution in [1.29, 1.82) is 0 Å². The van der Waals surface area contributed by atoms with Crippen molar-refractivity contribution in [3.63, 3.8) is 0 Å². The molecular formula is C12H20N2O3S. The van der Waals surface area contributed by atoms with Gasteiger partial charge in [-0.3, -0.25) is 0 Å². The maximum absolute atomic E-state index is 11.6. The lowest BCUT2D eigenvalue weighted by Crippen LogP contribution is -2.26. The number of pyridine rings is 1. The molecule has 5 nitrogen and oxygen atoms in total. The summed E-state index contributed by atoms with van der Waals surface area (Å²) in [6.07, 6.45) is 2.23. The van der Waals surface area contributed by atoms with Gasteiger partial charge in [0.15, 0.2) is 0 Å². The van der Waals surface area contributed by atoms with Gasteiger partial charge >= 0.3 is 0 Å². The molecule has 0 amide bonds. The average Bonchev–Trinajstić information content (AvgIpc) is 2.27. The summed E-state index contributed by atoms with van der Waals surface area (Å²) in [6, 6.07) is 3.57. The van der Waals surface area contributed by atoms with Gasteiger partial charge in [-0.05, 0) is 26.3 Å². The lowest BCUT2D eigenvalue weighted by molar-refractivity contribution is 0.230. The zero-order valence-electron chi connectivity index (χ0n) is 11.0. The van der Waals surface area contributed by atoms with Gasteiger partial charge in [0.1, 0.15) is 0 Å². The van der Waals surface area contributed by atoms with Crippen LogP contribution >= 0.6 is 0 Å². The highest BCUT2D eigenvalue weighted by molar-refractivity contribution is 7.89. The maximum atomic E-state index is 11.6. The maximum Gasteiger partial charge on any atom is 0.218 e. The smallest absolute Gasteiger partial charge is 0.218 e. The van der Waals surface area contributed by atoms with E-state index in [2.05, 4.69) is 9.71 Å². The summed E-state index contributed by atoms with van der Waals surface area (Å²) in [5.41, 5.74) is 0.742. The van der Waals surface area contributed by atoms with Crippen molar-refractivity contribution in [3.8, 4) is 5.88 Å². The molecule has 1 rings (SSSR count). The third-order valence-electron chi connectivity index (χ3n) is 2.15. The van der Waals surface area contributed by atoms with Crippen LogP contribution in [0.1, 0.15) is 32.8 Å². The highest BCUT2D eigenvalue weighted by Gasteiger charge is 2.11. The van der Waals surface area contributed by atoms with Gasteiger partial charge in [0.05, 0.1) is 11.9 Å². The predicted molar refractivity (Wildman–Crippen MR) is 70.9 cm³/mol. The van der Waals surface area contributed by atoms with E-state index in [0.29, 0.717) is 12.3 Å². The first-order valence-electron chi connectivity index (χ1n) is 6.02. The highest BCUT2D eigenvalue weighted by atomic mass is 32.2. The molecule has 6 heteroatoms. The van der Waals surface area contributed by atoms with Crippen LogP contribution < -0.4 is 9.46 Å². The van der Waals surface area contributed by atoms with Crippen LogP contribution in [0.3, 0.4) is 0 Å². The van der Waals surface area contributed by atoms with Gasteiger partial charge in [-0.15, -0.1) is 0 Å². The number of aromatic nitrogens is 1. The molecule has 0 aliphatic heterocycles. The van der Waals surface area contributed by atoms with Gasteiger partial charge in [0.25, 0.3) is 0 Å². The van der Waals surface area contributed by atoms with Crippen molar-refractivity contribution < 1.29 is 13.2 Å². The second-order valence-corrected chi connectivity index (χ2v) is 6.20. The molecule has 0 bridgehead atoms. The first kappa shape index (κ1) is 14.9. The molecule has 0 unspecified atom stereocenters. The minimum atomic E-state index is -3.21. The van der Waals surface area contributed by atoms with Crippen molar-refractivity contribution in [1.82, 2.24) is 9.71 Å². The molecular weight excluding hydrogens is 252 g/mol. The summed E-state index contributed by atoms with van der Waals surface area (Å²) in [7, 11) is -3.21. The molecule has 0 fully saturated rings. The first-order valence-corrected chi connectivity index (χ1v) is 7.67. The summed E-state index contributed by atoms with van der Waals surface area (Å²) >= 11 is 0. The first-order chi connectivity index (χ1) is 8.44. The van der Waals surface area contributed by atoms with Crippen LogP contribution in [0.15, 0.2) is 18.3 Å². The fraction of sp³-hybridized carbons (Fsp3) is 0.583. The van der Waals surface area contributed by atoms with Crippen LogP contribution in [-0.4, -0.2) is 25.3 Å². The molecule has 1 N–H and O–H groups in total. The Hall–Kier alpha value is -1.14. The number of hydrogen-bond donors (Lipinski definition) is 1. The van der Waals surface area contributed by atoms with Crippen LogP contribution in [0.5, 0.6) is 5.88 Å². The third kappa shape index (κ3) is 5.01. The van der Waals surface area contributed by atoms with Gasteiger partial charge in [-0.1, -0.05) is 13.0 Å². The summed E-state index contributed by atoms with van der Waals surface area (Å²) in [6.45, 7) is 5.84. The summed E-state index contributed by atoms with van der Waals surface area (Å²) < 4.78 is 31.2. The molecule has 0 saturated heterocycles. The Morgan fingerprint density at radius 3 is 2.78 bits per heavy atom. The van der Waals surface area contributed by atoms with Gasteiger partial charge in [0.2, 0.25) is 15.9 Å². The van der Waals surface area contributed by atoms with Gasteiger partial charge in [0, 0.05) is 18.3 Å². The highest BCUT2D eigenvalue weighted by Crippen LogP contribution is 2.15. The molecule has 1 aromatic rings. The second kappa shape index (κ2) is 6.70. The summed E-state index contributed by atoms with van der Waals surface area (Å²) in [4.78, 5) is 4.11. The molecule has 0 spiro atoms. The molecule has 0 saturated carbocycles. The van der Waals surface area contributed by atoms with E-state index in [0.717, 1.165) is 5.56 Å². The normalized spacial score (nSPS) is 11.8. The van der Waals surface area contributed by atoms with Gasteiger partial charge in [-0.25, -0.2) is 18.1 Å². The summed E-state index contributed by atoms with van der Waals surface area (Å²) in [5.74, 6) is 0.611. The zero-order valence-corrected chi connectivity index (χ0v) is 11.8. The van der Waals surface area contributed by atoms with E-state index in [1.165, 1.54) is 0 Å². The standard InChI is InChI=1S/C12H20N2O3S/c1-4-8-18(15,16)14-9-11-6-5-7-13-12(11)17-10(2)3/h5-7,10,14H,4,8-9H2,1-3H3. The van der Waals surface area contributed by atoms with Crippen LogP contribution in [0, 0.1) is 0 Å². The molecule has 0 aliphatic carbocycles. The number of hydrogen-bond acceptors (Lipinski definition) is 4. The lowest BCUT2D eigenvalue weighted by Gasteiger charge is -2.13. The number of nitrogens with one attached hydrogen (secondary N) is 1. The molecule has 1 aromatic heterocycles. The Morgan fingerprint density at radius 2 is 2.17 bits per heavy atom. The Morgan fingerprint density at radius 1 is 1.44 bits per heavy atom. The quantitative estimate of drug-likeness (QED) is 0.820. The van der Waals surface area contributed by atoms with Gasteiger partial charge in [-0.2, -0.15) is 0 Å². The SMILES string of the molecule is CCCS(=O)(=O)NCc1cccnc1OC(C)C. The van der Waals surface area contributed by atoms with Crippen molar-refractivity contribution in [2.45, 2.75) is 39.8 Å². The zero-order chi connectivity index (χ0) is 13.6. The number of sulfonamides is 1. The van der Waals surface area contributed by atoms with Crippen LogP contribution in [0.4, 0.5) is 0 Å². The van der Waals surface area contributed by atoms with Crippen LogP contribution in [-0.2, 0) is 16.6 Å². The third-order valence-corrected chi connectivity index (χ3v) is 3.68. The Balaban J connectivity index is 2.73. The van der Waals surface area contributed by atoms with Crippen molar-refractivity contribution in [3.05, 3.63) is 23.9 Å². The minimum Gasteiger partial charge on any atom is -0.475 e. The lowest BCUT2D eigenvalue weighted by atomic mass is 10.3. The summed E-state index contributed by atoms with van der Waals surface area (Å²) in [5, 5.41) is 0. The molecule has 0 atom stereocenters. The fourth-order valence-electron chi connectivity index (χ4n) is 1.42. The van der Waals surface area contributed by atoms with E-state index in [1.54, 1.807) is 18.3 Å². The number of rotatable bonds is 7. The van der Waals surface area contributed by atoms with E-state index in [9.17, 15) is 8.42 Å². The fourth-order valence-corrected chi connectivity index (χ4v) is 2.47. The molecule has 1 heterocycles. The number of nitrogens with zero attached hydrogens (tertiary/aromatic N) is 1. The van der Waals surface area contributed by atoms with E-state index < -0.39 is 10.0 Å². The van der Waals surface area contributed by atoms with E-state index in [-0.39, 0.29) is 18.4 Å². The topological polar surface area (TPSA) is 68.3 Å². The Bertz CT molecular complexity index is 472. The Labute approximate surface area is 109 Å². The average molecular weight is 272 g/mol. The number of ether oxygens (including phenoxy) is 1. The van der Waals surface area contributed by atoms with Crippen LogP contribution in [0.2, 0.25) is 0 Å². The Kier molecular flexibility index (Phi) is 5.55. The second-order valence-electron chi connectivity index (χ2n) is 4.27. The molecule has 102 valence electrons. The predicted octanol–water partition coefficient (Wildman–Crippen LogP) is 1.70. The van der Waals surface area contributed by atoms with E-state index >= 15 is 0 Å².